The smallest absolute Gasteiger partial charge is 0.244 e. The number of benzene rings is 2. The zero-order valence-electron chi connectivity index (χ0n) is 15.9. The number of halogens is 2. The average Bonchev–Trinajstić information content (AvgIpc) is 2.75. The van der Waals surface area contributed by atoms with Crippen molar-refractivity contribution in [2.24, 2.45) is 0 Å². The number of sulfonamides is 1. The summed E-state index contributed by atoms with van der Waals surface area (Å²) in [5, 5.41) is 10.3. The molecule has 30 heavy (non-hydrogen) atoms. The number of nitrogens with zero attached hydrogens (tertiary/aromatic N) is 3. The van der Waals surface area contributed by atoms with Gasteiger partial charge in [0.1, 0.15) is 6.07 Å². The molecule has 0 atom stereocenters. The lowest BCUT2D eigenvalue weighted by atomic mass is 10.2. The molecule has 0 bridgehead atoms. The van der Waals surface area contributed by atoms with E-state index in [1.165, 1.54) is 28.2 Å². The molecule has 1 fully saturated rings. The SMILES string of the molecule is N#Cc1ccccc1S(=O)(=O)N1CCN(C(=O)CSCc2ccc(Cl)cc2Cl)CC1. The first-order valence-electron chi connectivity index (χ1n) is 9.11. The van der Waals surface area contributed by atoms with Crippen molar-refractivity contribution in [2.75, 3.05) is 31.9 Å². The second-order valence-electron chi connectivity index (χ2n) is 6.62. The quantitative estimate of drug-likeness (QED) is 0.626. The third-order valence-electron chi connectivity index (χ3n) is 4.71. The molecule has 1 saturated heterocycles. The van der Waals surface area contributed by atoms with Crippen LogP contribution in [-0.2, 0) is 20.6 Å². The zero-order chi connectivity index (χ0) is 21.7. The van der Waals surface area contributed by atoms with Crippen LogP contribution in [0.3, 0.4) is 0 Å². The maximum atomic E-state index is 12.9. The molecule has 0 radical (unpaired) electrons. The van der Waals surface area contributed by atoms with Gasteiger partial charge in [-0.15, -0.1) is 11.8 Å². The number of carbonyl (C=O) groups is 1. The molecule has 0 saturated carbocycles. The second-order valence-corrected chi connectivity index (χ2v) is 10.4. The van der Waals surface area contributed by atoms with Gasteiger partial charge in [-0.25, -0.2) is 8.42 Å². The Balaban J connectivity index is 1.53. The molecule has 10 heteroatoms. The van der Waals surface area contributed by atoms with Crippen molar-refractivity contribution in [1.82, 2.24) is 9.21 Å². The first-order valence-corrected chi connectivity index (χ1v) is 12.5. The Morgan fingerprint density at radius 1 is 1.10 bits per heavy atom. The molecule has 2 aromatic carbocycles. The van der Waals surface area contributed by atoms with Crippen LogP contribution in [0.15, 0.2) is 47.4 Å². The number of hydrogen-bond donors (Lipinski definition) is 0. The summed E-state index contributed by atoms with van der Waals surface area (Å²) < 4.78 is 27.1. The lowest BCUT2D eigenvalue weighted by molar-refractivity contribution is -0.129. The number of nitriles is 1. The molecule has 0 aliphatic carbocycles. The highest BCUT2D eigenvalue weighted by Gasteiger charge is 2.31. The lowest BCUT2D eigenvalue weighted by Crippen LogP contribution is -2.51. The van der Waals surface area contributed by atoms with Crippen LogP contribution in [-0.4, -0.2) is 55.5 Å². The van der Waals surface area contributed by atoms with Gasteiger partial charge in [0.05, 0.1) is 16.2 Å². The Morgan fingerprint density at radius 3 is 2.47 bits per heavy atom. The minimum atomic E-state index is -3.77. The standard InChI is InChI=1S/C20H19Cl2N3O3S2/c21-17-6-5-16(18(22)11-17)13-29-14-20(26)24-7-9-25(10-8-24)30(27,28)19-4-2-1-3-15(19)12-23/h1-6,11H,7-10,13-14H2. The van der Waals surface area contributed by atoms with E-state index in [0.29, 0.717) is 28.9 Å². The van der Waals surface area contributed by atoms with E-state index in [1.807, 2.05) is 12.1 Å². The predicted octanol–water partition coefficient (Wildman–Crippen LogP) is 3.63. The molecule has 1 aliphatic rings. The van der Waals surface area contributed by atoms with Gasteiger partial charge < -0.3 is 4.90 Å². The number of amides is 1. The highest BCUT2D eigenvalue weighted by molar-refractivity contribution is 7.99. The van der Waals surface area contributed by atoms with Gasteiger partial charge in [0.15, 0.2) is 0 Å². The molecule has 158 valence electrons. The third-order valence-corrected chi connectivity index (χ3v) is 8.22. The molecule has 0 aromatic heterocycles. The Morgan fingerprint density at radius 2 is 1.80 bits per heavy atom. The Labute approximate surface area is 190 Å². The monoisotopic (exact) mass is 483 g/mol. The molecule has 1 aliphatic heterocycles. The molecule has 1 heterocycles. The van der Waals surface area contributed by atoms with Crippen LogP contribution >= 0.6 is 35.0 Å². The van der Waals surface area contributed by atoms with Crippen molar-refractivity contribution in [3.05, 3.63) is 63.6 Å². The van der Waals surface area contributed by atoms with Crippen LogP contribution < -0.4 is 0 Å². The van der Waals surface area contributed by atoms with E-state index in [1.54, 1.807) is 29.2 Å². The topological polar surface area (TPSA) is 81.5 Å². The number of rotatable bonds is 6. The normalized spacial score (nSPS) is 15.0. The molecule has 0 N–H and O–H groups in total. The fourth-order valence-electron chi connectivity index (χ4n) is 3.08. The minimum Gasteiger partial charge on any atom is -0.339 e. The van der Waals surface area contributed by atoms with Gasteiger partial charge >= 0.3 is 0 Å². The van der Waals surface area contributed by atoms with Gasteiger partial charge in [0.2, 0.25) is 15.9 Å². The summed E-state index contributed by atoms with van der Waals surface area (Å²) in [4.78, 5) is 14.2. The van der Waals surface area contributed by atoms with E-state index >= 15 is 0 Å². The van der Waals surface area contributed by atoms with E-state index in [4.69, 9.17) is 23.2 Å². The Hall–Kier alpha value is -1.76. The molecule has 1 amide bonds. The first kappa shape index (κ1) is 22.9. The largest absolute Gasteiger partial charge is 0.339 e. The zero-order valence-corrected chi connectivity index (χ0v) is 19.1. The van der Waals surface area contributed by atoms with E-state index in [0.717, 1.165) is 5.56 Å². The third kappa shape index (κ3) is 5.29. The van der Waals surface area contributed by atoms with Crippen molar-refractivity contribution in [2.45, 2.75) is 10.6 Å². The Bertz CT molecular complexity index is 1080. The predicted molar refractivity (Wildman–Crippen MR) is 119 cm³/mol. The molecular weight excluding hydrogens is 465 g/mol. The fourth-order valence-corrected chi connectivity index (χ4v) is 6.13. The van der Waals surface area contributed by atoms with Crippen LogP contribution in [0.5, 0.6) is 0 Å². The number of piperazine rings is 1. The Kier molecular flexibility index (Phi) is 7.66. The van der Waals surface area contributed by atoms with E-state index in [9.17, 15) is 18.5 Å². The van der Waals surface area contributed by atoms with Crippen LogP contribution in [0.1, 0.15) is 11.1 Å². The molecule has 0 unspecified atom stereocenters. The summed E-state index contributed by atoms with van der Waals surface area (Å²) in [6, 6.07) is 13.3. The second kappa shape index (κ2) is 10.0. The van der Waals surface area contributed by atoms with Crippen LogP contribution in [0.4, 0.5) is 0 Å². The number of carbonyl (C=O) groups excluding carboxylic acids is 1. The van der Waals surface area contributed by atoms with Gasteiger partial charge in [0.25, 0.3) is 0 Å². The van der Waals surface area contributed by atoms with Gasteiger partial charge in [-0.2, -0.15) is 9.57 Å². The summed E-state index contributed by atoms with van der Waals surface area (Å²) in [5.74, 6) is 0.823. The van der Waals surface area contributed by atoms with Crippen LogP contribution in [0.25, 0.3) is 0 Å². The maximum absolute atomic E-state index is 12.9. The maximum Gasteiger partial charge on any atom is 0.244 e. The summed E-state index contributed by atoms with van der Waals surface area (Å²) in [6.45, 7) is 1.02. The van der Waals surface area contributed by atoms with Gasteiger partial charge in [-0.05, 0) is 29.8 Å². The molecule has 0 spiro atoms. The van der Waals surface area contributed by atoms with Crippen molar-refractivity contribution < 1.29 is 13.2 Å². The number of thioether (sulfide) groups is 1. The summed E-state index contributed by atoms with van der Waals surface area (Å²) in [6.07, 6.45) is 0. The fraction of sp³-hybridized carbons (Fsp3) is 0.300. The average molecular weight is 484 g/mol. The number of hydrogen-bond acceptors (Lipinski definition) is 5. The van der Waals surface area contributed by atoms with E-state index in [2.05, 4.69) is 0 Å². The van der Waals surface area contributed by atoms with Crippen LogP contribution in [0.2, 0.25) is 10.0 Å². The van der Waals surface area contributed by atoms with Crippen LogP contribution in [0, 0.1) is 11.3 Å². The van der Waals surface area contributed by atoms with Gasteiger partial charge in [-0.3, -0.25) is 4.79 Å². The minimum absolute atomic E-state index is 0.00248. The lowest BCUT2D eigenvalue weighted by Gasteiger charge is -2.34. The first-order chi connectivity index (χ1) is 14.3. The van der Waals surface area contributed by atoms with Crippen molar-refractivity contribution in [3.63, 3.8) is 0 Å². The van der Waals surface area contributed by atoms with Crippen molar-refractivity contribution in [3.8, 4) is 6.07 Å². The molecule has 3 rings (SSSR count). The summed E-state index contributed by atoms with van der Waals surface area (Å²) in [5.41, 5.74) is 1.03. The summed E-state index contributed by atoms with van der Waals surface area (Å²) in [7, 11) is -3.77. The highest BCUT2D eigenvalue weighted by Crippen LogP contribution is 2.25. The van der Waals surface area contributed by atoms with E-state index in [-0.39, 0.29) is 35.2 Å². The molecular formula is C20H19Cl2N3O3S2. The van der Waals surface area contributed by atoms with E-state index < -0.39 is 10.0 Å². The van der Waals surface area contributed by atoms with Gasteiger partial charge in [0, 0.05) is 42.0 Å². The summed E-state index contributed by atoms with van der Waals surface area (Å²) >= 11 is 13.5. The molecule has 2 aromatic rings. The highest BCUT2D eigenvalue weighted by atomic mass is 35.5. The molecule has 6 nitrogen and oxygen atoms in total. The van der Waals surface area contributed by atoms with Crippen molar-refractivity contribution >= 4 is 50.9 Å². The van der Waals surface area contributed by atoms with Crippen molar-refractivity contribution in [1.29, 1.82) is 5.26 Å². The van der Waals surface area contributed by atoms with Gasteiger partial charge in [-0.1, -0.05) is 41.4 Å².